The Balaban J connectivity index is 1.68. The van der Waals surface area contributed by atoms with Crippen LogP contribution < -0.4 is 5.73 Å². The van der Waals surface area contributed by atoms with E-state index in [1.807, 2.05) is 42.5 Å². The maximum atomic E-state index is 6.68. The van der Waals surface area contributed by atoms with Crippen LogP contribution in [0.2, 0.25) is 5.02 Å². The summed E-state index contributed by atoms with van der Waals surface area (Å²) >= 11 is 11.6. The first-order valence-electron chi connectivity index (χ1n) is 8.85. The molecular weight excluding hydrogens is 472 g/mol. The van der Waals surface area contributed by atoms with Crippen molar-refractivity contribution in [1.29, 1.82) is 0 Å². The van der Waals surface area contributed by atoms with Crippen molar-refractivity contribution in [1.82, 2.24) is 15.0 Å². The number of halogens is 2. The van der Waals surface area contributed by atoms with Crippen molar-refractivity contribution in [3.05, 3.63) is 69.2 Å². The summed E-state index contributed by atoms with van der Waals surface area (Å²) in [7, 11) is 0. The van der Waals surface area contributed by atoms with Crippen LogP contribution in [0.5, 0.6) is 0 Å². The molecule has 0 fully saturated rings. The molecule has 2 heterocycles. The van der Waals surface area contributed by atoms with Crippen molar-refractivity contribution in [3.63, 3.8) is 0 Å². The molecular formula is C21H14BrClN4OS. The Kier molecular flexibility index (Phi) is 4.91. The predicted octanol–water partition coefficient (Wildman–Crippen LogP) is 5.87. The van der Waals surface area contributed by atoms with E-state index in [9.17, 15) is 0 Å². The van der Waals surface area contributed by atoms with Gasteiger partial charge in [-0.25, -0.2) is 4.98 Å². The highest BCUT2D eigenvalue weighted by Gasteiger charge is 2.21. The van der Waals surface area contributed by atoms with Crippen molar-refractivity contribution in [3.8, 4) is 11.4 Å². The summed E-state index contributed by atoms with van der Waals surface area (Å²) in [4.78, 5) is 14.4. The average molecular weight is 486 g/mol. The molecule has 0 atom stereocenters. The minimum atomic E-state index is 0.157. The van der Waals surface area contributed by atoms with Gasteiger partial charge in [0, 0.05) is 14.9 Å². The number of nitrogens with zero attached hydrogens (tertiary/aromatic N) is 3. The van der Waals surface area contributed by atoms with E-state index in [2.05, 4.69) is 36.9 Å². The van der Waals surface area contributed by atoms with E-state index in [-0.39, 0.29) is 5.95 Å². The zero-order valence-electron chi connectivity index (χ0n) is 15.0. The summed E-state index contributed by atoms with van der Waals surface area (Å²) in [5.74, 6) is 0.622. The molecule has 0 saturated carbocycles. The smallest absolute Gasteiger partial charge is 0.224 e. The van der Waals surface area contributed by atoms with Gasteiger partial charge in [0.05, 0.1) is 18.2 Å². The molecule has 0 aliphatic carbocycles. The van der Waals surface area contributed by atoms with E-state index in [1.165, 1.54) is 11.8 Å². The third-order valence-corrected chi connectivity index (χ3v) is 6.88. The first-order valence-corrected chi connectivity index (χ1v) is 10.8. The average Bonchev–Trinajstić information content (AvgIpc) is 2.70. The van der Waals surface area contributed by atoms with Crippen LogP contribution in [0, 0.1) is 0 Å². The maximum absolute atomic E-state index is 6.68. The number of benzene rings is 3. The molecule has 1 aliphatic rings. The Bertz CT molecular complexity index is 1270. The lowest BCUT2D eigenvalue weighted by Crippen LogP contribution is -2.06. The highest BCUT2D eigenvalue weighted by Crippen LogP contribution is 2.40. The maximum Gasteiger partial charge on any atom is 0.224 e. The van der Waals surface area contributed by atoms with Gasteiger partial charge in [-0.1, -0.05) is 41.9 Å². The van der Waals surface area contributed by atoms with Crippen molar-refractivity contribution < 1.29 is 4.74 Å². The number of hydrogen-bond donors (Lipinski definition) is 1. The summed E-state index contributed by atoms with van der Waals surface area (Å²) in [6.45, 7) is 1.11. The van der Waals surface area contributed by atoms with Crippen LogP contribution in [0.3, 0.4) is 0 Å². The molecule has 0 radical (unpaired) electrons. The molecule has 3 aromatic carbocycles. The lowest BCUT2D eigenvalue weighted by molar-refractivity contribution is 0.103. The fraction of sp³-hybridized carbons (Fsp3) is 0.0952. The lowest BCUT2D eigenvalue weighted by atomic mass is 9.94. The Morgan fingerprint density at radius 2 is 1.83 bits per heavy atom. The molecule has 0 saturated heterocycles. The number of ether oxygens (including phenoxy) is 1. The van der Waals surface area contributed by atoms with Crippen LogP contribution in [0.25, 0.3) is 22.2 Å². The molecule has 5 nitrogen and oxygen atoms in total. The van der Waals surface area contributed by atoms with Crippen LogP contribution in [0.1, 0.15) is 11.1 Å². The van der Waals surface area contributed by atoms with Crippen molar-refractivity contribution in [2.45, 2.75) is 23.3 Å². The van der Waals surface area contributed by atoms with E-state index in [1.54, 1.807) is 0 Å². The number of hydrogen-bond acceptors (Lipinski definition) is 6. The monoisotopic (exact) mass is 484 g/mol. The van der Waals surface area contributed by atoms with Crippen LogP contribution in [-0.4, -0.2) is 15.0 Å². The number of anilines is 1. The molecule has 5 rings (SSSR count). The topological polar surface area (TPSA) is 73.9 Å². The van der Waals surface area contributed by atoms with Gasteiger partial charge in [-0.3, -0.25) is 0 Å². The Morgan fingerprint density at radius 1 is 1.00 bits per heavy atom. The molecule has 144 valence electrons. The SMILES string of the molecule is Nc1nc(Sc2ccccc2Br)nc(-c2c(Cl)cc3c4c(cccc24)COC3)n1. The van der Waals surface area contributed by atoms with Gasteiger partial charge in [0.15, 0.2) is 11.0 Å². The van der Waals surface area contributed by atoms with E-state index >= 15 is 0 Å². The quantitative estimate of drug-likeness (QED) is 0.391. The second kappa shape index (κ2) is 7.57. The summed E-state index contributed by atoms with van der Waals surface area (Å²) in [6, 6.07) is 15.9. The van der Waals surface area contributed by atoms with E-state index < -0.39 is 0 Å². The van der Waals surface area contributed by atoms with Crippen molar-refractivity contribution >= 4 is 56.0 Å². The summed E-state index contributed by atoms with van der Waals surface area (Å²) in [5.41, 5.74) is 8.99. The zero-order chi connectivity index (χ0) is 20.0. The minimum absolute atomic E-state index is 0.157. The van der Waals surface area contributed by atoms with E-state index in [0.29, 0.717) is 29.2 Å². The molecule has 1 aromatic heterocycles. The summed E-state index contributed by atoms with van der Waals surface area (Å²) in [5, 5.41) is 3.23. The second-order valence-corrected chi connectivity index (χ2v) is 8.83. The van der Waals surface area contributed by atoms with Gasteiger partial charge < -0.3 is 10.5 Å². The fourth-order valence-corrected chi connectivity index (χ4v) is 5.13. The van der Waals surface area contributed by atoms with Crippen LogP contribution in [0.4, 0.5) is 5.95 Å². The number of nitrogen functional groups attached to an aromatic ring is 1. The summed E-state index contributed by atoms with van der Waals surface area (Å²) < 4.78 is 6.64. The van der Waals surface area contributed by atoms with Gasteiger partial charge in [-0.15, -0.1) is 0 Å². The van der Waals surface area contributed by atoms with Crippen molar-refractivity contribution in [2.24, 2.45) is 0 Å². The largest absolute Gasteiger partial charge is 0.372 e. The Morgan fingerprint density at radius 3 is 2.69 bits per heavy atom. The van der Waals surface area contributed by atoms with E-state index in [0.717, 1.165) is 36.8 Å². The van der Waals surface area contributed by atoms with Gasteiger partial charge in [0.25, 0.3) is 0 Å². The number of nitrogens with two attached hydrogens (primary N) is 1. The van der Waals surface area contributed by atoms with Gasteiger partial charge in [-0.05, 0) is 67.8 Å². The molecule has 0 bridgehead atoms. The highest BCUT2D eigenvalue weighted by molar-refractivity contribution is 9.10. The Labute approximate surface area is 184 Å². The lowest BCUT2D eigenvalue weighted by Gasteiger charge is -2.20. The Hall–Kier alpha value is -2.19. The highest BCUT2D eigenvalue weighted by atomic mass is 79.9. The van der Waals surface area contributed by atoms with Crippen LogP contribution >= 0.6 is 39.3 Å². The van der Waals surface area contributed by atoms with Gasteiger partial charge in [0.1, 0.15) is 0 Å². The number of rotatable bonds is 3. The fourth-order valence-electron chi connectivity index (χ4n) is 3.50. The third-order valence-electron chi connectivity index (χ3n) is 4.69. The third kappa shape index (κ3) is 3.48. The molecule has 0 amide bonds. The minimum Gasteiger partial charge on any atom is -0.372 e. The van der Waals surface area contributed by atoms with Crippen LogP contribution in [-0.2, 0) is 18.0 Å². The first kappa shape index (κ1) is 18.8. The first-order chi connectivity index (χ1) is 14.1. The van der Waals surface area contributed by atoms with Gasteiger partial charge in [-0.2, -0.15) is 9.97 Å². The summed E-state index contributed by atoms with van der Waals surface area (Å²) in [6.07, 6.45) is 0. The number of aromatic nitrogens is 3. The normalized spacial score (nSPS) is 13.0. The van der Waals surface area contributed by atoms with Gasteiger partial charge in [0.2, 0.25) is 5.95 Å². The second-order valence-electron chi connectivity index (χ2n) is 6.56. The predicted molar refractivity (Wildman–Crippen MR) is 119 cm³/mol. The zero-order valence-corrected chi connectivity index (χ0v) is 18.2. The van der Waals surface area contributed by atoms with Gasteiger partial charge >= 0.3 is 0 Å². The standard InChI is InChI=1S/C21H14BrClN4OS/c22-14-6-1-2-7-16(14)29-21-26-19(25-20(24)27-21)18-13-5-3-4-11-9-28-10-12(17(11)13)8-15(18)23/h1-8H,9-10H2,(H2,24,25,26,27). The van der Waals surface area contributed by atoms with Crippen LogP contribution in [0.15, 0.2) is 63.1 Å². The molecule has 0 spiro atoms. The molecule has 0 unspecified atom stereocenters. The molecule has 4 aromatic rings. The molecule has 2 N–H and O–H groups in total. The van der Waals surface area contributed by atoms with Crippen molar-refractivity contribution in [2.75, 3.05) is 5.73 Å². The van der Waals surface area contributed by atoms with E-state index in [4.69, 9.17) is 22.1 Å². The molecule has 29 heavy (non-hydrogen) atoms. The molecule has 8 heteroatoms. The molecule has 1 aliphatic heterocycles.